The van der Waals surface area contributed by atoms with Gasteiger partial charge < -0.3 is 10.2 Å². The predicted octanol–water partition coefficient (Wildman–Crippen LogP) is 3.07. The van der Waals surface area contributed by atoms with Gasteiger partial charge in [-0.25, -0.2) is 0 Å². The summed E-state index contributed by atoms with van der Waals surface area (Å²) < 4.78 is 0. The number of nitrogens with zero attached hydrogens (tertiary/aromatic N) is 1. The average molecular weight is 244 g/mol. The Balaban J connectivity index is 1.52. The summed E-state index contributed by atoms with van der Waals surface area (Å²) in [5.74, 6) is 0. The lowest BCUT2D eigenvalue weighted by Crippen LogP contribution is -2.30. The van der Waals surface area contributed by atoms with Crippen LogP contribution in [0.2, 0.25) is 0 Å². The van der Waals surface area contributed by atoms with Crippen LogP contribution in [0.1, 0.15) is 36.8 Å². The Hall–Kier alpha value is -1.02. The highest BCUT2D eigenvalue weighted by molar-refractivity contribution is 5.58. The van der Waals surface area contributed by atoms with E-state index < -0.39 is 0 Å². The Morgan fingerprint density at radius 1 is 1.11 bits per heavy atom. The summed E-state index contributed by atoms with van der Waals surface area (Å²) in [6.07, 6.45) is 8.04. The Morgan fingerprint density at radius 3 is 2.89 bits per heavy atom. The van der Waals surface area contributed by atoms with E-state index in [2.05, 4.69) is 28.4 Å². The molecule has 1 saturated heterocycles. The molecule has 2 aliphatic heterocycles. The maximum absolute atomic E-state index is 3.47. The van der Waals surface area contributed by atoms with Gasteiger partial charge in [0.05, 0.1) is 0 Å². The van der Waals surface area contributed by atoms with Crippen LogP contribution in [0.25, 0.3) is 0 Å². The SMILES string of the molecule is c1cc(CCCN2CCCCC2)c2c(c1)NCC2. The molecule has 0 radical (unpaired) electrons. The van der Waals surface area contributed by atoms with E-state index in [1.807, 2.05) is 0 Å². The molecule has 3 rings (SSSR count). The lowest BCUT2D eigenvalue weighted by Gasteiger charge is -2.26. The molecule has 0 unspecified atom stereocenters. The van der Waals surface area contributed by atoms with Gasteiger partial charge in [-0.3, -0.25) is 0 Å². The van der Waals surface area contributed by atoms with Crippen LogP contribution < -0.4 is 5.32 Å². The van der Waals surface area contributed by atoms with Crippen LogP contribution in [0.3, 0.4) is 0 Å². The van der Waals surface area contributed by atoms with E-state index in [0.29, 0.717) is 0 Å². The van der Waals surface area contributed by atoms with E-state index in [1.165, 1.54) is 63.8 Å². The first-order valence-corrected chi connectivity index (χ1v) is 7.50. The smallest absolute Gasteiger partial charge is 0.0376 e. The van der Waals surface area contributed by atoms with Gasteiger partial charge in [0.2, 0.25) is 0 Å². The van der Waals surface area contributed by atoms with E-state index in [9.17, 15) is 0 Å². The third-order valence-corrected chi connectivity index (χ3v) is 4.33. The minimum atomic E-state index is 1.12. The van der Waals surface area contributed by atoms with Gasteiger partial charge in [-0.15, -0.1) is 0 Å². The molecule has 0 saturated carbocycles. The highest BCUT2D eigenvalue weighted by Gasteiger charge is 2.14. The van der Waals surface area contributed by atoms with Crippen LogP contribution in [0, 0.1) is 0 Å². The van der Waals surface area contributed by atoms with Crippen molar-refractivity contribution in [1.29, 1.82) is 0 Å². The lowest BCUT2D eigenvalue weighted by molar-refractivity contribution is 0.226. The highest BCUT2D eigenvalue weighted by atomic mass is 15.1. The molecule has 0 atom stereocenters. The summed E-state index contributed by atoms with van der Waals surface area (Å²) in [4.78, 5) is 2.64. The standard InChI is InChI=1S/C16H24N2/c1-2-11-18(12-3-1)13-5-7-14-6-4-8-16-15(14)9-10-17-16/h4,6,8,17H,1-3,5,7,9-13H2. The Kier molecular flexibility index (Phi) is 3.84. The predicted molar refractivity (Wildman–Crippen MR) is 77.2 cm³/mol. The number of hydrogen-bond acceptors (Lipinski definition) is 2. The van der Waals surface area contributed by atoms with E-state index >= 15 is 0 Å². The molecule has 0 aliphatic carbocycles. The Bertz CT molecular complexity index is 394. The molecule has 1 fully saturated rings. The van der Waals surface area contributed by atoms with Crippen molar-refractivity contribution in [3.05, 3.63) is 29.3 Å². The molecule has 2 nitrogen and oxygen atoms in total. The summed E-state index contributed by atoms with van der Waals surface area (Å²) in [6, 6.07) is 6.74. The minimum Gasteiger partial charge on any atom is -0.384 e. The van der Waals surface area contributed by atoms with Crippen molar-refractivity contribution in [3.63, 3.8) is 0 Å². The minimum absolute atomic E-state index is 1.12. The van der Waals surface area contributed by atoms with Crippen molar-refractivity contribution in [2.45, 2.75) is 38.5 Å². The van der Waals surface area contributed by atoms with Gasteiger partial charge in [0.1, 0.15) is 0 Å². The topological polar surface area (TPSA) is 15.3 Å². The quantitative estimate of drug-likeness (QED) is 0.875. The number of likely N-dealkylation sites (tertiary alicyclic amines) is 1. The molecular formula is C16H24N2. The highest BCUT2D eigenvalue weighted by Crippen LogP contribution is 2.26. The number of piperidine rings is 1. The maximum Gasteiger partial charge on any atom is 0.0376 e. The fourth-order valence-corrected chi connectivity index (χ4v) is 3.33. The van der Waals surface area contributed by atoms with E-state index in [1.54, 1.807) is 11.1 Å². The molecule has 18 heavy (non-hydrogen) atoms. The molecule has 1 aromatic rings. The normalized spacial score (nSPS) is 19.6. The average Bonchev–Trinajstić information content (AvgIpc) is 2.89. The van der Waals surface area contributed by atoms with Crippen molar-refractivity contribution in [1.82, 2.24) is 4.90 Å². The zero-order chi connectivity index (χ0) is 12.2. The fraction of sp³-hybridized carbons (Fsp3) is 0.625. The Morgan fingerprint density at radius 2 is 2.00 bits per heavy atom. The number of anilines is 1. The second-order valence-electron chi connectivity index (χ2n) is 5.63. The third kappa shape index (κ3) is 2.69. The van der Waals surface area contributed by atoms with E-state index in [-0.39, 0.29) is 0 Å². The molecule has 0 amide bonds. The lowest BCUT2D eigenvalue weighted by atomic mass is 10.0. The second kappa shape index (κ2) is 5.75. The zero-order valence-corrected chi connectivity index (χ0v) is 11.3. The first kappa shape index (κ1) is 12.0. The third-order valence-electron chi connectivity index (χ3n) is 4.33. The molecule has 2 aliphatic rings. The van der Waals surface area contributed by atoms with Gasteiger partial charge in [-0.05, 0) is 68.9 Å². The van der Waals surface area contributed by atoms with Gasteiger partial charge >= 0.3 is 0 Å². The summed E-state index contributed by atoms with van der Waals surface area (Å²) in [5.41, 5.74) is 4.54. The van der Waals surface area contributed by atoms with Crippen molar-refractivity contribution in [2.75, 3.05) is 31.5 Å². The first-order chi connectivity index (χ1) is 8.93. The Labute approximate surface area is 110 Å². The van der Waals surface area contributed by atoms with Crippen molar-refractivity contribution in [2.24, 2.45) is 0 Å². The monoisotopic (exact) mass is 244 g/mol. The van der Waals surface area contributed by atoms with E-state index in [0.717, 1.165) is 6.54 Å². The van der Waals surface area contributed by atoms with Crippen molar-refractivity contribution in [3.8, 4) is 0 Å². The summed E-state index contributed by atoms with van der Waals surface area (Å²) >= 11 is 0. The molecule has 0 aromatic heterocycles. The van der Waals surface area contributed by atoms with Crippen LogP contribution in [-0.4, -0.2) is 31.1 Å². The fourth-order valence-electron chi connectivity index (χ4n) is 3.33. The molecule has 1 aromatic carbocycles. The van der Waals surface area contributed by atoms with Crippen LogP contribution >= 0.6 is 0 Å². The second-order valence-corrected chi connectivity index (χ2v) is 5.63. The number of nitrogens with one attached hydrogen (secondary N) is 1. The summed E-state index contributed by atoms with van der Waals surface area (Å²) in [6.45, 7) is 5.07. The van der Waals surface area contributed by atoms with Crippen LogP contribution in [0.15, 0.2) is 18.2 Å². The van der Waals surface area contributed by atoms with Gasteiger partial charge in [0.15, 0.2) is 0 Å². The number of benzene rings is 1. The number of hydrogen-bond donors (Lipinski definition) is 1. The maximum atomic E-state index is 3.47. The van der Waals surface area contributed by atoms with Gasteiger partial charge in [0.25, 0.3) is 0 Å². The number of aryl methyl sites for hydroxylation is 1. The molecule has 98 valence electrons. The van der Waals surface area contributed by atoms with Gasteiger partial charge in [-0.2, -0.15) is 0 Å². The van der Waals surface area contributed by atoms with Gasteiger partial charge in [-0.1, -0.05) is 18.6 Å². The zero-order valence-electron chi connectivity index (χ0n) is 11.3. The molecule has 0 spiro atoms. The molecular weight excluding hydrogens is 220 g/mol. The van der Waals surface area contributed by atoms with E-state index in [4.69, 9.17) is 0 Å². The van der Waals surface area contributed by atoms with Crippen molar-refractivity contribution < 1.29 is 0 Å². The van der Waals surface area contributed by atoms with Gasteiger partial charge in [0, 0.05) is 12.2 Å². The summed E-state index contributed by atoms with van der Waals surface area (Å²) in [7, 11) is 0. The number of rotatable bonds is 4. The molecule has 0 bridgehead atoms. The molecule has 2 heteroatoms. The first-order valence-electron chi connectivity index (χ1n) is 7.50. The van der Waals surface area contributed by atoms with Crippen LogP contribution in [0.5, 0.6) is 0 Å². The number of fused-ring (bicyclic) bond motifs is 1. The molecule has 1 N–H and O–H groups in total. The van der Waals surface area contributed by atoms with Crippen LogP contribution in [-0.2, 0) is 12.8 Å². The summed E-state index contributed by atoms with van der Waals surface area (Å²) in [5, 5.41) is 3.47. The van der Waals surface area contributed by atoms with Crippen LogP contribution in [0.4, 0.5) is 5.69 Å². The molecule has 2 heterocycles. The van der Waals surface area contributed by atoms with Crippen molar-refractivity contribution >= 4 is 5.69 Å². The largest absolute Gasteiger partial charge is 0.384 e.